The molecule has 0 saturated heterocycles. The largest absolute Gasteiger partial charge is 0.462 e. The molecule has 1 unspecified atom stereocenters. The van der Waals surface area contributed by atoms with Crippen molar-refractivity contribution >= 4 is 17.9 Å². The monoisotopic (exact) mass is 1120 g/mol. The molecule has 1 atom stereocenters. The predicted octanol–water partition coefficient (Wildman–Crippen LogP) is 24.1. The highest BCUT2D eigenvalue weighted by molar-refractivity contribution is 5.71. The molecule has 0 aliphatic heterocycles. The van der Waals surface area contributed by atoms with E-state index in [0.29, 0.717) is 19.3 Å². The van der Waals surface area contributed by atoms with E-state index in [1.807, 2.05) is 0 Å². The molecule has 0 bridgehead atoms. The van der Waals surface area contributed by atoms with Crippen LogP contribution in [0.15, 0.2) is 72.9 Å². The summed E-state index contributed by atoms with van der Waals surface area (Å²) in [6.45, 7) is 6.65. The fraction of sp³-hybridized carbons (Fsp3) is 0.797. The molecule has 0 amide bonds. The van der Waals surface area contributed by atoms with E-state index in [9.17, 15) is 14.4 Å². The molecular weight excluding hydrogens is 985 g/mol. The Morgan fingerprint density at radius 3 is 0.725 bits per heavy atom. The van der Waals surface area contributed by atoms with Gasteiger partial charge in [-0.3, -0.25) is 14.4 Å². The number of hydrogen-bond acceptors (Lipinski definition) is 6. The van der Waals surface area contributed by atoms with Gasteiger partial charge >= 0.3 is 17.9 Å². The molecule has 6 nitrogen and oxygen atoms in total. The smallest absolute Gasteiger partial charge is 0.306 e. The van der Waals surface area contributed by atoms with E-state index in [0.717, 1.165) is 83.5 Å². The number of unbranched alkanes of at least 4 members (excludes halogenated alkanes) is 41. The third kappa shape index (κ3) is 65.7. The molecule has 0 heterocycles. The van der Waals surface area contributed by atoms with Gasteiger partial charge in [-0.25, -0.2) is 0 Å². The zero-order valence-electron chi connectivity index (χ0n) is 53.3. The zero-order valence-corrected chi connectivity index (χ0v) is 53.3. The van der Waals surface area contributed by atoms with Crippen LogP contribution in [0.5, 0.6) is 0 Å². The highest BCUT2D eigenvalue weighted by Gasteiger charge is 2.19. The van der Waals surface area contributed by atoms with Crippen molar-refractivity contribution in [1.29, 1.82) is 0 Å². The molecule has 0 aromatic carbocycles. The summed E-state index contributed by atoms with van der Waals surface area (Å²) in [5.41, 5.74) is 0. The summed E-state index contributed by atoms with van der Waals surface area (Å²) in [5, 5.41) is 0. The van der Waals surface area contributed by atoms with Gasteiger partial charge in [-0.1, -0.05) is 299 Å². The standard InChI is InChI=1S/C74H132O6/c1-4-7-10-13-16-19-22-25-28-31-34-35-36-37-38-39-41-43-46-49-52-55-58-61-64-67-73(76)79-70-71(69-78-72(75)66-63-60-57-54-51-48-45-42-33-30-27-24-21-18-15-12-9-6-3)80-74(77)68-65-62-59-56-53-50-47-44-40-32-29-26-23-20-17-14-11-8-5-2/h21-22,24-26,29-31,33-34,36-37,71H,4-20,23,27-28,32,35,38-70H2,1-3H3/b24-21-,25-22-,29-26-,33-30-,34-31-,37-36-. The molecule has 0 spiro atoms. The lowest BCUT2D eigenvalue weighted by molar-refractivity contribution is -0.167. The molecule has 0 rings (SSSR count). The molecule has 0 aliphatic rings. The van der Waals surface area contributed by atoms with Gasteiger partial charge in [0.1, 0.15) is 13.2 Å². The Bertz CT molecular complexity index is 1470. The van der Waals surface area contributed by atoms with E-state index in [1.165, 1.54) is 238 Å². The molecule has 0 radical (unpaired) electrons. The second-order valence-electron chi connectivity index (χ2n) is 23.4. The van der Waals surface area contributed by atoms with Gasteiger partial charge in [0.05, 0.1) is 0 Å². The van der Waals surface area contributed by atoms with Crippen LogP contribution >= 0.6 is 0 Å². The van der Waals surface area contributed by atoms with Crippen molar-refractivity contribution in [2.45, 2.75) is 367 Å². The SMILES string of the molecule is CCCCCC/C=C\C/C=C\CCCCCCCCCC(=O)OCC(COC(=O)CCCCCCCCCCCC/C=C\C/C=C\C/C=C\CCCCCCC)OC(=O)CCCCCCCCCCC/C=C\CCCCCCCC. The molecule has 0 aliphatic carbocycles. The van der Waals surface area contributed by atoms with Gasteiger partial charge in [0.15, 0.2) is 6.10 Å². The molecule has 0 fully saturated rings. The molecule has 80 heavy (non-hydrogen) atoms. The maximum atomic E-state index is 13.0. The average Bonchev–Trinajstić information content (AvgIpc) is 3.46. The summed E-state index contributed by atoms with van der Waals surface area (Å²) in [4.78, 5) is 38.5. The van der Waals surface area contributed by atoms with Crippen LogP contribution in [0.1, 0.15) is 361 Å². The lowest BCUT2D eigenvalue weighted by atomic mass is 10.0. The lowest BCUT2D eigenvalue weighted by Crippen LogP contribution is -2.30. The van der Waals surface area contributed by atoms with Crippen LogP contribution in [0, 0.1) is 0 Å². The molecule has 0 N–H and O–H groups in total. The predicted molar refractivity (Wildman–Crippen MR) is 348 cm³/mol. The van der Waals surface area contributed by atoms with Gasteiger partial charge in [0, 0.05) is 19.3 Å². The second kappa shape index (κ2) is 68.3. The number of rotatable bonds is 64. The van der Waals surface area contributed by atoms with E-state index in [4.69, 9.17) is 14.2 Å². The van der Waals surface area contributed by atoms with Gasteiger partial charge in [-0.15, -0.1) is 0 Å². The van der Waals surface area contributed by atoms with Crippen LogP contribution in [0.3, 0.4) is 0 Å². The summed E-state index contributed by atoms with van der Waals surface area (Å²) in [7, 11) is 0. The summed E-state index contributed by atoms with van der Waals surface area (Å²) < 4.78 is 17.0. The van der Waals surface area contributed by atoms with Crippen LogP contribution in [0.2, 0.25) is 0 Å². The molecule has 0 aromatic rings. The number of carbonyl (C=O) groups is 3. The van der Waals surface area contributed by atoms with E-state index in [1.54, 1.807) is 0 Å². The first-order valence-electron chi connectivity index (χ1n) is 34.9. The van der Waals surface area contributed by atoms with Gasteiger partial charge in [0.2, 0.25) is 0 Å². The van der Waals surface area contributed by atoms with E-state index >= 15 is 0 Å². The molecule has 0 saturated carbocycles. The lowest BCUT2D eigenvalue weighted by Gasteiger charge is -2.18. The summed E-state index contributed by atoms with van der Waals surface area (Å²) in [6.07, 6.45) is 89.1. The minimum atomic E-state index is -0.783. The van der Waals surface area contributed by atoms with Crippen LogP contribution in [-0.2, 0) is 28.6 Å². The molecule has 6 heteroatoms. The van der Waals surface area contributed by atoms with Gasteiger partial charge < -0.3 is 14.2 Å². The first-order valence-corrected chi connectivity index (χ1v) is 34.9. The first kappa shape index (κ1) is 76.9. The summed E-state index contributed by atoms with van der Waals surface area (Å²) in [6, 6.07) is 0. The minimum Gasteiger partial charge on any atom is -0.462 e. The summed E-state index contributed by atoms with van der Waals surface area (Å²) >= 11 is 0. The van der Waals surface area contributed by atoms with Crippen LogP contribution in [0.25, 0.3) is 0 Å². The Kier molecular flexibility index (Phi) is 65.7. The van der Waals surface area contributed by atoms with Crippen molar-refractivity contribution in [1.82, 2.24) is 0 Å². The maximum Gasteiger partial charge on any atom is 0.306 e. The highest BCUT2D eigenvalue weighted by Crippen LogP contribution is 2.17. The number of allylic oxidation sites excluding steroid dienone is 12. The van der Waals surface area contributed by atoms with Gasteiger partial charge in [-0.05, 0) is 116 Å². The topological polar surface area (TPSA) is 78.9 Å². The quantitative estimate of drug-likeness (QED) is 0.0261. The Labute approximate surface area is 497 Å². The van der Waals surface area contributed by atoms with Crippen molar-refractivity contribution in [3.05, 3.63) is 72.9 Å². The summed E-state index contributed by atoms with van der Waals surface area (Å²) in [5.74, 6) is -0.873. The maximum absolute atomic E-state index is 13.0. The number of carbonyl (C=O) groups excluding carboxylic acids is 3. The highest BCUT2D eigenvalue weighted by atomic mass is 16.6. The van der Waals surface area contributed by atoms with Crippen LogP contribution in [0.4, 0.5) is 0 Å². The van der Waals surface area contributed by atoms with Crippen LogP contribution < -0.4 is 0 Å². The van der Waals surface area contributed by atoms with Crippen molar-refractivity contribution in [3.63, 3.8) is 0 Å². The Hall–Kier alpha value is -3.15. The third-order valence-electron chi connectivity index (χ3n) is 15.4. The average molecular weight is 1120 g/mol. The van der Waals surface area contributed by atoms with E-state index < -0.39 is 6.10 Å². The molecule has 0 aromatic heterocycles. The van der Waals surface area contributed by atoms with Gasteiger partial charge in [-0.2, -0.15) is 0 Å². The first-order chi connectivity index (χ1) is 39.5. The van der Waals surface area contributed by atoms with Gasteiger partial charge in [0.25, 0.3) is 0 Å². The van der Waals surface area contributed by atoms with E-state index in [-0.39, 0.29) is 31.1 Å². The fourth-order valence-electron chi connectivity index (χ4n) is 10.1. The minimum absolute atomic E-state index is 0.0789. The number of esters is 3. The van der Waals surface area contributed by atoms with Crippen molar-refractivity contribution in [3.8, 4) is 0 Å². The van der Waals surface area contributed by atoms with E-state index in [2.05, 4.69) is 93.7 Å². The zero-order chi connectivity index (χ0) is 57.8. The Balaban J connectivity index is 4.36. The Morgan fingerprint density at radius 2 is 0.450 bits per heavy atom. The molecular formula is C74H132O6. The van der Waals surface area contributed by atoms with Crippen LogP contribution in [-0.4, -0.2) is 37.2 Å². The normalized spacial score (nSPS) is 12.5. The number of hydrogen-bond donors (Lipinski definition) is 0. The van der Waals surface area contributed by atoms with Crippen molar-refractivity contribution in [2.24, 2.45) is 0 Å². The Morgan fingerprint density at radius 1 is 0.250 bits per heavy atom. The van der Waals surface area contributed by atoms with Crippen molar-refractivity contribution in [2.75, 3.05) is 13.2 Å². The molecule has 464 valence electrons. The number of ether oxygens (including phenoxy) is 3. The third-order valence-corrected chi connectivity index (χ3v) is 15.4. The van der Waals surface area contributed by atoms with Crippen molar-refractivity contribution < 1.29 is 28.6 Å². The second-order valence-corrected chi connectivity index (χ2v) is 23.4. The fourth-order valence-corrected chi connectivity index (χ4v) is 10.1.